The van der Waals surface area contributed by atoms with E-state index in [1.54, 1.807) is 6.92 Å². The fraction of sp³-hybridized carbons (Fsp3) is 0.583. The lowest BCUT2D eigenvalue weighted by Crippen LogP contribution is -2.19. The Bertz CT molecular complexity index is 327. The van der Waals surface area contributed by atoms with Crippen LogP contribution in [0.5, 0.6) is 0 Å². The molecular weight excluding hydrogens is 256 g/mol. The van der Waals surface area contributed by atoms with Crippen LogP contribution in [0, 0.1) is 11.8 Å². The highest BCUT2D eigenvalue weighted by Crippen LogP contribution is 2.10. The number of hydrogen-bond acceptors (Lipinski definition) is 6. The van der Waals surface area contributed by atoms with Crippen molar-refractivity contribution < 1.29 is 34.1 Å². The van der Waals surface area contributed by atoms with Crippen LogP contribution in [0.25, 0.3) is 0 Å². The van der Waals surface area contributed by atoms with Crippen LogP contribution in [0.1, 0.15) is 26.7 Å². The highest BCUT2D eigenvalue weighted by atomic mass is 16.7. The first kappa shape index (κ1) is 16.9. The summed E-state index contributed by atoms with van der Waals surface area (Å²) < 4.78 is 9.14. The van der Waals surface area contributed by atoms with Crippen LogP contribution in [0.15, 0.2) is 12.3 Å². The van der Waals surface area contributed by atoms with E-state index in [1.165, 1.54) is 6.92 Å². The normalized spacial score (nSPS) is 13.2. The Kier molecular flexibility index (Phi) is 7.25. The molecule has 7 nitrogen and oxygen atoms in total. The second kappa shape index (κ2) is 8.12. The Balaban J connectivity index is 3.85. The highest BCUT2D eigenvalue weighted by molar-refractivity contribution is 5.78. The summed E-state index contributed by atoms with van der Waals surface area (Å²) in [5, 5.41) is 17.6. The van der Waals surface area contributed by atoms with E-state index in [1.807, 2.05) is 0 Å². The zero-order valence-electron chi connectivity index (χ0n) is 10.9. The molecule has 19 heavy (non-hydrogen) atoms. The van der Waals surface area contributed by atoms with E-state index < -0.39 is 36.5 Å². The maximum Gasteiger partial charge on any atom is 0.309 e. The number of aliphatic hydroxyl groups is 1. The van der Waals surface area contributed by atoms with Gasteiger partial charge in [-0.2, -0.15) is 0 Å². The van der Waals surface area contributed by atoms with Crippen molar-refractivity contribution in [1.29, 1.82) is 0 Å². The molecule has 0 fully saturated rings. The van der Waals surface area contributed by atoms with Gasteiger partial charge >= 0.3 is 17.9 Å². The molecule has 0 aromatic carbocycles. The minimum Gasteiger partial charge on any atom is -0.513 e. The monoisotopic (exact) mass is 274 g/mol. The second-order valence-electron chi connectivity index (χ2n) is 4.19. The number of aliphatic hydroxyl groups excluding tert-OH is 1. The first-order chi connectivity index (χ1) is 8.73. The predicted molar refractivity (Wildman–Crippen MR) is 64.0 cm³/mol. The van der Waals surface area contributed by atoms with E-state index in [0.29, 0.717) is 0 Å². The largest absolute Gasteiger partial charge is 0.513 e. The third-order valence-electron chi connectivity index (χ3n) is 2.38. The first-order valence-corrected chi connectivity index (χ1v) is 5.65. The van der Waals surface area contributed by atoms with E-state index >= 15 is 0 Å². The fourth-order valence-electron chi connectivity index (χ4n) is 0.984. The van der Waals surface area contributed by atoms with Gasteiger partial charge in [0.1, 0.15) is 0 Å². The Morgan fingerprint density at radius 3 is 1.79 bits per heavy atom. The van der Waals surface area contributed by atoms with Crippen LogP contribution in [0.4, 0.5) is 0 Å². The molecule has 2 N–H and O–H groups in total. The first-order valence-electron chi connectivity index (χ1n) is 5.65. The number of ether oxygens (including phenoxy) is 2. The summed E-state index contributed by atoms with van der Waals surface area (Å²) in [6, 6.07) is 0. The molecule has 0 saturated carbocycles. The summed E-state index contributed by atoms with van der Waals surface area (Å²) in [5.74, 6) is -3.96. The maximum atomic E-state index is 11.2. The van der Waals surface area contributed by atoms with Gasteiger partial charge in [0.05, 0.1) is 24.5 Å². The van der Waals surface area contributed by atoms with Crippen molar-refractivity contribution in [3.8, 4) is 0 Å². The van der Waals surface area contributed by atoms with Crippen molar-refractivity contribution in [2.24, 2.45) is 11.8 Å². The molecule has 0 bridgehead atoms. The van der Waals surface area contributed by atoms with Gasteiger partial charge in [-0.25, -0.2) is 0 Å². The number of rotatable bonds is 8. The predicted octanol–water partition coefficient (Wildman–Crippen LogP) is 1.24. The van der Waals surface area contributed by atoms with Crippen LogP contribution in [-0.4, -0.2) is 34.9 Å². The van der Waals surface area contributed by atoms with Crippen LogP contribution >= 0.6 is 0 Å². The average Bonchev–Trinajstić information content (AvgIpc) is 2.28. The summed E-state index contributed by atoms with van der Waals surface area (Å²) in [6.45, 7) is 5.65. The standard InChI is InChI=1S/C12H18O7/c1-7(9(3)13)4-10(14)18-6-19-11(15)5-8(2)12(16)17/h7-8,13H,3-6H2,1-2H3,(H,16,17). The Morgan fingerprint density at radius 2 is 1.42 bits per heavy atom. The van der Waals surface area contributed by atoms with Gasteiger partial charge in [0.25, 0.3) is 0 Å². The zero-order chi connectivity index (χ0) is 15.0. The molecule has 0 aromatic rings. The number of hydrogen-bond donors (Lipinski definition) is 2. The molecule has 7 heteroatoms. The van der Waals surface area contributed by atoms with Crippen LogP contribution in [0.3, 0.4) is 0 Å². The van der Waals surface area contributed by atoms with Crippen LogP contribution in [0.2, 0.25) is 0 Å². The van der Waals surface area contributed by atoms with Gasteiger partial charge in [-0.1, -0.05) is 20.4 Å². The van der Waals surface area contributed by atoms with Gasteiger partial charge in [0, 0.05) is 5.92 Å². The number of carbonyl (C=O) groups is 3. The summed E-state index contributed by atoms with van der Waals surface area (Å²) in [5.41, 5.74) is 0. The summed E-state index contributed by atoms with van der Waals surface area (Å²) in [7, 11) is 0. The van der Waals surface area contributed by atoms with Gasteiger partial charge in [0.15, 0.2) is 0 Å². The summed E-state index contributed by atoms with van der Waals surface area (Å²) in [4.78, 5) is 32.8. The van der Waals surface area contributed by atoms with Crippen molar-refractivity contribution >= 4 is 17.9 Å². The molecular formula is C12H18O7. The van der Waals surface area contributed by atoms with E-state index in [0.717, 1.165) is 0 Å². The molecule has 0 saturated heterocycles. The number of carboxylic acids is 1. The van der Waals surface area contributed by atoms with Gasteiger partial charge in [-0.3, -0.25) is 14.4 Å². The molecule has 2 unspecified atom stereocenters. The number of aliphatic carboxylic acids is 1. The van der Waals surface area contributed by atoms with Gasteiger partial charge in [0.2, 0.25) is 6.79 Å². The minimum absolute atomic E-state index is 0.0849. The topological polar surface area (TPSA) is 110 Å². The van der Waals surface area contributed by atoms with Gasteiger partial charge in [-0.15, -0.1) is 0 Å². The van der Waals surface area contributed by atoms with Crippen molar-refractivity contribution in [2.45, 2.75) is 26.7 Å². The molecule has 108 valence electrons. The van der Waals surface area contributed by atoms with Gasteiger partial charge in [-0.05, 0) is 0 Å². The van der Waals surface area contributed by atoms with Crippen molar-refractivity contribution in [1.82, 2.24) is 0 Å². The SMILES string of the molecule is C=C(O)C(C)CC(=O)OCOC(=O)CC(C)C(=O)O. The zero-order valence-corrected chi connectivity index (χ0v) is 10.9. The third kappa shape index (κ3) is 7.80. The molecule has 0 rings (SSSR count). The molecule has 0 aliphatic heterocycles. The molecule has 0 radical (unpaired) electrons. The Hall–Kier alpha value is -2.05. The molecule has 0 aliphatic rings. The molecule has 0 heterocycles. The Labute approximate surface area is 110 Å². The molecule has 0 spiro atoms. The summed E-state index contributed by atoms with van der Waals surface area (Å²) >= 11 is 0. The van der Waals surface area contributed by atoms with Crippen molar-refractivity contribution in [3.63, 3.8) is 0 Å². The lowest BCUT2D eigenvalue weighted by Gasteiger charge is -2.10. The number of carboxylic acid groups (broad SMARTS) is 1. The molecule has 2 atom stereocenters. The Morgan fingerprint density at radius 1 is 1.00 bits per heavy atom. The number of carbonyl (C=O) groups excluding carboxylic acids is 2. The minimum atomic E-state index is -1.11. The van der Waals surface area contributed by atoms with E-state index in [-0.39, 0.29) is 18.6 Å². The quantitative estimate of drug-likeness (QED) is 0.389. The smallest absolute Gasteiger partial charge is 0.309 e. The molecule has 0 aromatic heterocycles. The third-order valence-corrected chi connectivity index (χ3v) is 2.38. The van der Waals surface area contributed by atoms with Gasteiger partial charge < -0.3 is 19.7 Å². The maximum absolute atomic E-state index is 11.2. The fourth-order valence-corrected chi connectivity index (χ4v) is 0.984. The van der Waals surface area contributed by atoms with Crippen molar-refractivity contribution in [2.75, 3.05) is 6.79 Å². The van der Waals surface area contributed by atoms with E-state index in [2.05, 4.69) is 16.1 Å². The molecule has 0 aliphatic carbocycles. The lowest BCUT2D eigenvalue weighted by atomic mass is 10.1. The molecule has 0 amide bonds. The number of esters is 2. The number of allylic oxidation sites excluding steroid dienone is 1. The van der Waals surface area contributed by atoms with Crippen LogP contribution in [-0.2, 0) is 23.9 Å². The summed E-state index contributed by atoms with van der Waals surface area (Å²) in [6.07, 6.45) is -0.380. The highest BCUT2D eigenvalue weighted by Gasteiger charge is 2.17. The van der Waals surface area contributed by atoms with E-state index in [4.69, 9.17) is 10.2 Å². The average molecular weight is 274 g/mol. The van der Waals surface area contributed by atoms with Crippen molar-refractivity contribution in [3.05, 3.63) is 12.3 Å². The second-order valence-corrected chi connectivity index (χ2v) is 4.19. The van der Waals surface area contributed by atoms with Crippen LogP contribution < -0.4 is 0 Å². The lowest BCUT2D eigenvalue weighted by molar-refractivity contribution is -0.169. The van der Waals surface area contributed by atoms with E-state index in [9.17, 15) is 14.4 Å².